The van der Waals surface area contributed by atoms with Crippen LogP contribution < -0.4 is 20.1 Å². The number of rotatable bonds is 9. The Hall–Kier alpha value is -2.56. The van der Waals surface area contributed by atoms with Gasteiger partial charge in [0.2, 0.25) is 0 Å². The first-order valence-electron chi connectivity index (χ1n) is 9.03. The fourth-order valence-electron chi connectivity index (χ4n) is 2.49. The molecule has 2 N–H and O–H groups in total. The summed E-state index contributed by atoms with van der Waals surface area (Å²) < 4.78 is 10.6. The maximum Gasteiger partial charge on any atom is 0.269 e. The van der Waals surface area contributed by atoms with E-state index in [1.165, 1.54) is 12.1 Å². The molecule has 0 atom stereocenters. The topological polar surface area (TPSA) is 98.0 Å². The minimum Gasteiger partial charge on any atom is -0.493 e. The second kappa shape index (κ2) is 12.8. The van der Waals surface area contributed by atoms with Gasteiger partial charge in [0.25, 0.3) is 5.69 Å². The molecule has 0 amide bonds. The third-order valence-corrected chi connectivity index (χ3v) is 4.02. The molecule has 0 aliphatic rings. The zero-order chi connectivity index (χ0) is 20.4. The van der Waals surface area contributed by atoms with Gasteiger partial charge < -0.3 is 20.1 Å². The largest absolute Gasteiger partial charge is 0.493 e. The molecule has 0 aromatic heterocycles. The first-order valence-corrected chi connectivity index (χ1v) is 9.03. The van der Waals surface area contributed by atoms with Crippen LogP contribution in [0.4, 0.5) is 5.69 Å². The third-order valence-electron chi connectivity index (χ3n) is 4.02. The highest BCUT2D eigenvalue weighted by Crippen LogP contribution is 2.27. The maximum absolute atomic E-state index is 10.7. The van der Waals surface area contributed by atoms with Crippen molar-refractivity contribution >= 4 is 35.6 Å². The van der Waals surface area contributed by atoms with Crippen molar-refractivity contribution in [2.45, 2.75) is 26.4 Å². The summed E-state index contributed by atoms with van der Waals surface area (Å²) in [6.07, 6.45) is 0.967. The quantitative estimate of drug-likeness (QED) is 0.173. The molecule has 9 heteroatoms. The second-order valence-electron chi connectivity index (χ2n) is 6.06. The number of nitrogens with zero attached hydrogens (tertiary/aromatic N) is 2. The van der Waals surface area contributed by atoms with Crippen LogP contribution in [0.15, 0.2) is 47.5 Å². The number of methoxy groups -OCH3 is 2. The van der Waals surface area contributed by atoms with Crippen LogP contribution >= 0.6 is 24.0 Å². The number of hydrogen-bond donors (Lipinski definition) is 2. The fraction of sp³-hybridized carbons (Fsp3) is 0.350. The average molecular weight is 514 g/mol. The van der Waals surface area contributed by atoms with Gasteiger partial charge in [0.1, 0.15) is 0 Å². The van der Waals surface area contributed by atoms with Crippen LogP contribution in [0.25, 0.3) is 0 Å². The summed E-state index contributed by atoms with van der Waals surface area (Å²) in [5, 5.41) is 17.3. The minimum absolute atomic E-state index is 0. The SMILES string of the molecule is CCCNC(=NCc1ccc(OC)c(OC)c1)NCc1ccc([N+](=O)[O-])cc1.I. The number of halogens is 1. The maximum atomic E-state index is 10.7. The smallest absolute Gasteiger partial charge is 0.269 e. The van der Waals surface area contributed by atoms with E-state index in [9.17, 15) is 10.1 Å². The summed E-state index contributed by atoms with van der Waals surface area (Å²) in [6.45, 7) is 3.85. The number of aliphatic imine (C=N–C) groups is 1. The van der Waals surface area contributed by atoms with Crippen molar-refractivity contribution in [3.05, 3.63) is 63.7 Å². The fourth-order valence-corrected chi connectivity index (χ4v) is 2.49. The first kappa shape index (κ1) is 24.5. The minimum atomic E-state index is -0.407. The molecule has 0 saturated carbocycles. The molecule has 0 unspecified atom stereocenters. The molecule has 0 spiro atoms. The van der Waals surface area contributed by atoms with Crippen LogP contribution in [0.5, 0.6) is 11.5 Å². The van der Waals surface area contributed by atoms with Crippen LogP contribution in [0.3, 0.4) is 0 Å². The standard InChI is InChI=1S/C20H26N4O4.HI/c1-4-11-21-20(22-13-15-5-8-17(9-6-15)24(25)26)23-14-16-7-10-18(27-2)19(12-16)28-3;/h5-10,12H,4,11,13-14H2,1-3H3,(H2,21,22,23);1H. The summed E-state index contributed by atoms with van der Waals surface area (Å²) in [5.41, 5.74) is 2.00. The van der Waals surface area contributed by atoms with E-state index in [-0.39, 0.29) is 29.7 Å². The average Bonchev–Trinajstić information content (AvgIpc) is 2.73. The summed E-state index contributed by atoms with van der Waals surface area (Å²) >= 11 is 0. The van der Waals surface area contributed by atoms with Crippen molar-refractivity contribution in [3.63, 3.8) is 0 Å². The van der Waals surface area contributed by atoms with Crippen LogP contribution in [0, 0.1) is 10.1 Å². The third kappa shape index (κ3) is 7.76. The van der Waals surface area contributed by atoms with Crippen LogP contribution in [-0.4, -0.2) is 31.6 Å². The van der Waals surface area contributed by atoms with Gasteiger partial charge in [-0.3, -0.25) is 10.1 Å². The molecule has 0 bridgehead atoms. The lowest BCUT2D eigenvalue weighted by Gasteiger charge is -2.13. The molecule has 8 nitrogen and oxygen atoms in total. The predicted octanol–water partition coefficient (Wildman–Crippen LogP) is 3.88. The Morgan fingerprint density at radius 1 is 1.03 bits per heavy atom. The Labute approximate surface area is 187 Å². The van der Waals surface area contributed by atoms with Crippen molar-refractivity contribution in [1.82, 2.24) is 10.6 Å². The van der Waals surface area contributed by atoms with Gasteiger partial charge in [-0.25, -0.2) is 4.99 Å². The molecule has 29 heavy (non-hydrogen) atoms. The van der Waals surface area contributed by atoms with E-state index in [1.807, 2.05) is 18.2 Å². The van der Waals surface area contributed by atoms with Gasteiger partial charge in [-0.15, -0.1) is 24.0 Å². The number of non-ortho nitro benzene ring substituents is 1. The van der Waals surface area contributed by atoms with Crippen molar-refractivity contribution in [1.29, 1.82) is 0 Å². The second-order valence-corrected chi connectivity index (χ2v) is 6.06. The summed E-state index contributed by atoms with van der Waals surface area (Å²) in [4.78, 5) is 15.0. The molecule has 2 aromatic rings. The van der Waals surface area contributed by atoms with E-state index >= 15 is 0 Å². The van der Waals surface area contributed by atoms with Gasteiger partial charge in [0.05, 0.1) is 25.7 Å². The van der Waals surface area contributed by atoms with E-state index in [1.54, 1.807) is 26.4 Å². The number of hydrogen-bond acceptors (Lipinski definition) is 5. The van der Waals surface area contributed by atoms with Crippen LogP contribution in [-0.2, 0) is 13.1 Å². The summed E-state index contributed by atoms with van der Waals surface area (Å²) in [5.74, 6) is 2.02. The number of ether oxygens (including phenoxy) is 2. The summed E-state index contributed by atoms with van der Waals surface area (Å²) in [6, 6.07) is 12.2. The molecule has 0 aliphatic carbocycles. The number of nitrogens with one attached hydrogen (secondary N) is 2. The van der Waals surface area contributed by atoms with Crippen molar-refractivity contribution in [3.8, 4) is 11.5 Å². The Balaban J connectivity index is 0.00000420. The van der Waals surface area contributed by atoms with E-state index < -0.39 is 4.92 Å². The normalized spacial score (nSPS) is 10.7. The van der Waals surface area contributed by atoms with Crippen LogP contribution in [0.2, 0.25) is 0 Å². The molecule has 2 rings (SSSR count). The van der Waals surface area contributed by atoms with Gasteiger partial charge in [-0.05, 0) is 29.7 Å². The highest BCUT2D eigenvalue weighted by atomic mass is 127. The molecule has 158 valence electrons. The first-order chi connectivity index (χ1) is 13.6. The van der Waals surface area contributed by atoms with Gasteiger partial charge in [-0.2, -0.15) is 0 Å². The van der Waals surface area contributed by atoms with E-state index in [0.717, 1.165) is 24.1 Å². The molecule has 2 aromatic carbocycles. The Morgan fingerprint density at radius 2 is 1.69 bits per heavy atom. The molecule has 0 saturated heterocycles. The Kier molecular flexibility index (Phi) is 10.8. The lowest BCUT2D eigenvalue weighted by atomic mass is 10.2. The van der Waals surface area contributed by atoms with Crippen molar-refractivity contribution < 1.29 is 14.4 Å². The van der Waals surface area contributed by atoms with E-state index in [2.05, 4.69) is 22.5 Å². The van der Waals surface area contributed by atoms with Crippen molar-refractivity contribution in [2.75, 3.05) is 20.8 Å². The monoisotopic (exact) mass is 514 g/mol. The molecular weight excluding hydrogens is 487 g/mol. The van der Waals surface area contributed by atoms with Gasteiger partial charge >= 0.3 is 0 Å². The number of guanidine groups is 1. The predicted molar refractivity (Wildman–Crippen MR) is 124 cm³/mol. The highest BCUT2D eigenvalue weighted by Gasteiger charge is 2.06. The zero-order valence-electron chi connectivity index (χ0n) is 16.8. The molecular formula is C20H27IN4O4. The van der Waals surface area contributed by atoms with Gasteiger partial charge in [-0.1, -0.05) is 25.1 Å². The Bertz CT molecular complexity index is 813. The number of benzene rings is 2. The lowest BCUT2D eigenvalue weighted by Crippen LogP contribution is -2.37. The number of nitro benzene ring substituents is 1. The van der Waals surface area contributed by atoms with E-state index in [4.69, 9.17) is 9.47 Å². The Morgan fingerprint density at radius 3 is 2.28 bits per heavy atom. The molecule has 0 fully saturated rings. The van der Waals surface area contributed by atoms with Crippen LogP contribution in [0.1, 0.15) is 24.5 Å². The van der Waals surface area contributed by atoms with Gasteiger partial charge in [0, 0.05) is 25.2 Å². The number of nitro groups is 1. The van der Waals surface area contributed by atoms with Gasteiger partial charge in [0.15, 0.2) is 17.5 Å². The van der Waals surface area contributed by atoms with E-state index in [0.29, 0.717) is 30.5 Å². The molecule has 0 radical (unpaired) electrons. The summed E-state index contributed by atoms with van der Waals surface area (Å²) in [7, 11) is 3.20. The molecule has 0 heterocycles. The lowest BCUT2D eigenvalue weighted by molar-refractivity contribution is -0.384. The zero-order valence-corrected chi connectivity index (χ0v) is 19.1. The highest BCUT2D eigenvalue weighted by molar-refractivity contribution is 14.0. The van der Waals surface area contributed by atoms with Crippen molar-refractivity contribution in [2.24, 2.45) is 4.99 Å². The molecule has 0 aliphatic heterocycles.